The number of aromatic amines is 1. The first-order valence-electron chi connectivity index (χ1n) is 6.71. The smallest absolute Gasteiger partial charge is 0.277 e. The molecule has 2 aromatic heterocycles. The van der Waals surface area contributed by atoms with Crippen LogP contribution in [0.2, 0.25) is 10.0 Å². The lowest BCUT2D eigenvalue weighted by atomic mass is 10.1. The number of H-pyrrole nitrogens is 1. The molecule has 2 heterocycles. The summed E-state index contributed by atoms with van der Waals surface area (Å²) in [5.41, 5.74) is 0.556. The highest BCUT2D eigenvalue weighted by molar-refractivity contribution is 6.42. The van der Waals surface area contributed by atoms with Crippen molar-refractivity contribution in [1.82, 2.24) is 15.0 Å². The standard InChI is InChI=1S/C15H11Cl2FN4O/c1-7(12-9(18)3-2-8(16)13(12)17)21-11-5-4-10-14(22-11)15(23)20-6-19-10/h2-7H,1H3,(H,21,22)(H,19,20,23). The van der Waals surface area contributed by atoms with Gasteiger partial charge < -0.3 is 10.3 Å². The summed E-state index contributed by atoms with van der Waals surface area (Å²) < 4.78 is 14.0. The van der Waals surface area contributed by atoms with Gasteiger partial charge in [-0.1, -0.05) is 23.2 Å². The van der Waals surface area contributed by atoms with E-state index in [-0.39, 0.29) is 26.7 Å². The Labute approximate surface area is 140 Å². The van der Waals surface area contributed by atoms with E-state index in [9.17, 15) is 9.18 Å². The number of nitrogens with one attached hydrogen (secondary N) is 2. The summed E-state index contributed by atoms with van der Waals surface area (Å²) in [5.74, 6) is -0.0707. The molecular weight excluding hydrogens is 342 g/mol. The van der Waals surface area contributed by atoms with Gasteiger partial charge in [0.25, 0.3) is 5.56 Å². The molecule has 2 N–H and O–H groups in total. The lowest BCUT2D eigenvalue weighted by Crippen LogP contribution is -2.13. The van der Waals surface area contributed by atoms with Gasteiger partial charge in [-0.25, -0.2) is 14.4 Å². The van der Waals surface area contributed by atoms with E-state index in [0.717, 1.165) is 0 Å². The van der Waals surface area contributed by atoms with E-state index in [2.05, 4.69) is 20.3 Å². The van der Waals surface area contributed by atoms with E-state index in [0.29, 0.717) is 11.3 Å². The molecule has 0 saturated carbocycles. The second kappa shape index (κ2) is 6.14. The van der Waals surface area contributed by atoms with Gasteiger partial charge in [0.15, 0.2) is 5.52 Å². The maximum absolute atomic E-state index is 14.0. The molecule has 0 saturated heterocycles. The average molecular weight is 353 g/mol. The Morgan fingerprint density at radius 3 is 2.83 bits per heavy atom. The van der Waals surface area contributed by atoms with E-state index in [1.54, 1.807) is 19.1 Å². The molecule has 1 unspecified atom stereocenters. The third-order valence-electron chi connectivity index (χ3n) is 3.37. The zero-order chi connectivity index (χ0) is 16.6. The normalized spacial score (nSPS) is 12.3. The molecule has 0 aliphatic carbocycles. The van der Waals surface area contributed by atoms with Gasteiger partial charge in [0.2, 0.25) is 0 Å². The summed E-state index contributed by atoms with van der Waals surface area (Å²) in [6.45, 7) is 1.72. The maximum atomic E-state index is 14.0. The minimum Gasteiger partial charge on any atom is -0.363 e. The molecule has 1 atom stereocenters. The average Bonchev–Trinajstić information content (AvgIpc) is 2.52. The van der Waals surface area contributed by atoms with Gasteiger partial charge in [0, 0.05) is 5.56 Å². The summed E-state index contributed by atoms with van der Waals surface area (Å²) in [5, 5.41) is 3.42. The molecule has 1 aromatic carbocycles. The van der Waals surface area contributed by atoms with Crippen LogP contribution in [0.1, 0.15) is 18.5 Å². The highest BCUT2D eigenvalue weighted by atomic mass is 35.5. The van der Waals surface area contributed by atoms with Crippen molar-refractivity contribution in [3.8, 4) is 0 Å². The van der Waals surface area contributed by atoms with E-state index in [1.165, 1.54) is 18.5 Å². The van der Waals surface area contributed by atoms with E-state index >= 15 is 0 Å². The number of rotatable bonds is 3. The molecule has 118 valence electrons. The van der Waals surface area contributed by atoms with Crippen LogP contribution in [0.4, 0.5) is 10.2 Å². The van der Waals surface area contributed by atoms with Crippen molar-refractivity contribution in [3.05, 3.63) is 62.4 Å². The van der Waals surface area contributed by atoms with Crippen molar-refractivity contribution >= 4 is 40.1 Å². The Hall–Kier alpha value is -2.18. The molecular formula is C15H11Cl2FN4O. The molecule has 0 fully saturated rings. The number of anilines is 1. The van der Waals surface area contributed by atoms with Crippen LogP contribution in [-0.4, -0.2) is 15.0 Å². The lowest BCUT2D eigenvalue weighted by molar-refractivity contribution is 0.600. The van der Waals surface area contributed by atoms with Crippen molar-refractivity contribution in [2.24, 2.45) is 0 Å². The summed E-state index contributed by atoms with van der Waals surface area (Å²) in [6, 6.07) is 5.46. The van der Waals surface area contributed by atoms with Crippen molar-refractivity contribution < 1.29 is 4.39 Å². The number of hydrogen-bond donors (Lipinski definition) is 2. The number of halogens is 3. The fourth-order valence-electron chi connectivity index (χ4n) is 2.27. The molecule has 0 radical (unpaired) electrons. The first kappa shape index (κ1) is 15.7. The van der Waals surface area contributed by atoms with Crippen molar-refractivity contribution in [2.45, 2.75) is 13.0 Å². The zero-order valence-electron chi connectivity index (χ0n) is 11.9. The first-order valence-corrected chi connectivity index (χ1v) is 7.47. The predicted octanol–water partition coefficient (Wildman–Crippen LogP) is 3.94. The fourth-order valence-corrected chi connectivity index (χ4v) is 2.75. The van der Waals surface area contributed by atoms with Gasteiger partial charge in [-0.05, 0) is 31.2 Å². The summed E-state index contributed by atoms with van der Waals surface area (Å²) in [4.78, 5) is 22.4. The van der Waals surface area contributed by atoms with Crippen LogP contribution in [0.25, 0.3) is 11.0 Å². The van der Waals surface area contributed by atoms with Crippen LogP contribution in [0.3, 0.4) is 0 Å². The van der Waals surface area contributed by atoms with E-state index < -0.39 is 11.9 Å². The molecule has 0 bridgehead atoms. The number of pyridine rings is 1. The predicted molar refractivity (Wildman–Crippen MR) is 88.6 cm³/mol. The van der Waals surface area contributed by atoms with Gasteiger partial charge in [-0.3, -0.25) is 4.79 Å². The number of benzene rings is 1. The maximum Gasteiger partial charge on any atom is 0.277 e. The van der Waals surface area contributed by atoms with Gasteiger partial charge in [-0.2, -0.15) is 0 Å². The lowest BCUT2D eigenvalue weighted by Gasteiger charge is -2.17. The molecule has 0 aliphatic rings. The quantitative estimate of drug-likeness (QED) is 0.700. The Morgan fingerprint density at radius 2 is 2.04 bits per heavy atom. The van der Waals surface area contributed by atoms with Crippen LogP contribution in [0.15, 0.2) is 35.4 Å². The van der Waals surface area contributed by atoms with Crippen LogP contribution in [-0.2, 0) is 0 Å². The van der Waals surface area contributed by atoms with Crippen molar-refractivity contribution in [3.63, 3.8) is 0 Å². The fraction of sp³-hybridized carbons (Fsp3) is 0.133. The SMILES string of the molecule is CC(Nc1ccc2nc[nH]c(=O)c2n1)c1c(F)ccc(Cl)c1Cl. The monoisotopic (exact) mass is 352 g/mol. The molecule has 0 amide bonds. The third-order valence-corrected chi connectivity index (χ3v) is 4.18. The highest BCUT2D eigenvalue weighted by Crippen LogP contribution is 2.33. The summed E-state index contributed by atoms with van der Waals surface area (Å²) >= 11 is 12.0. The minimum atomic E-state index is -0.498. The second-order valence-electron chi connectivity index (χ2n) is 4.92. The molecule has 3 rings (SSSR count). The Kier molecular flexibility index (Phi) is 4.19. The second-order valence-corrected chi connectivity index (χ2v) is 5.70. The first-order chi connectivity index (χ1) is 11.0. The number of hydrogen-bond acceptors (Lipinski definition) is 4. The molecule has 5 nitrogen and oxygen atoms in total. The Morgan fingerprint density at radius 1 is 1.26 bits per heavy atom. The third kappa shape index (κ3) is 3.00. The summed E-state index contributed by atoms with van der Waals surface area (Å²) in [6.07, 6.45) is 1.31. The van der Waals surface area contributed by atoms with Gasteiger partial charge in [0.1, 0.15) is 11.6 Å². The molecule has 0 aliphatic heterocycles. The van der Waals surface area contributed by atoms with Crippen LogP contribution >= 0.6 is 23.2 Å². The largest absolute Gasteiger partial charge is 0.363 e. The van der Waals surface area contributed by atoms with E-state index in [1.807, 2.05) is 0 Å². The van der Waals surface area contributed by atoms with E-state index in [4.69, 9.17) is 23.2 Å². The van der Waals surface area contributed by atoms with Crippen molar-refractivity contribution in [1.29, 1.82) is 0 Å². The Bertz CT molecular complexity index is 944. The van der Waals surface area contributed by atoms with Gasteiger partial charge in [0.05, 0.1) is 27.9 Å². The van der Waals surface area contributed by atoms with Gasteiger partial charge in [-0.15, -0.1) is 0 Å². The number of nitrogens with zero attached hydrogens (tertiary/aromatic N) is 2. The number of fused-ring (bicyclic) bond motifs is 1. The number of aromatic nitrogens is 3. The Balaban J connectivity index is 1.98. The van der Waals surface area contributed by atoms with Crippen LogP contribution in [0, 0.1) is 5.82 Å². The zero-order valence-corrected chi connectivity index (χ0v) is 13.4. The van der Waals surface area contributed by atoms with Crippen molar-refractivity contribution in [2.75, 3.05) is 5.32 Å². The molecule has 23 heavy (non-hydrogen) atoms. The van der Waals surface area contributed by atoms with Gasteiger partial charge >= 0.3 is 0 Å². The molecule has 0 spiro atoms. The van der Waals surface area contributed by atoms with Crippen LogP contribution < -0.4 is 10.9 Å². The molecule has 8 heteroatoms. The molecule has 3 aromatic rings. The minimum absolute atomic E-state index is 0.145. The van der Waals surface area contributed by atoms with Crippen LogP contribution in [0.5, 0.6) is 0 Å². The highest BCUT2D eigenvalue weighted by Gasteiger charge is 2.18. The summed E-state index contributed by atoms with van der Waals surface area (Å²) in [7, 11) is 0. The topological polar surface area (TPSA) is 70.7 Å².